The van der Waals surface area contributed by atoms with Gasteiger partial charge in [0, 0.05) is 19.1 Å². The number of piperidine rings is 1. The van der Waals surface area contributed by atoms with Crippen molar-refractivity contribution in [2.45, 2.75) is 25.5 Å². The largest absolute Gasteiger partial charge is 0.392 e. The molecule has 1 saturated heterocycles. The average molecular weight is 269 g/mol. The van der Waals surface area contributed by atoms with E-state index >= 15 is 0 Å². The van der Waals surface area contributed by atoms with Crippen LogP contribution in [0.4, 0.5) is 5.69 Å². The molecule has 1 atom stereocenters. The molecule has 0 radical (unpaired) electrons. The Labute approximate surface area is 114 Å². The van der Waals surface area contributed by atoms with Gasteiger partial charge in [0.25, 0.3) is 0 Å². The smallest absolute Gasteiger partial charge is 0.0682 e. The van der Waals surface area contributed by atoms with Gasteiger partial charge in [-0.15, -0.1) is 0 Å². The Morgan fingerprint density at radius 3 is 2.83 bits per heavy atom. The van der Waals surface area contributed by atoms with Crippen LogP contribution in [0.1, 0.15) is 18.4 Å². The van der Waals surface area contributed by atoms with E-state index in [2.05, 4.69) is 23.9 Å². The van der Waals surface area contributed by atoms with Crippen molar-refractivity contribution in [1.29, 1.82) is 0 Å². The number of halogens is 1. The Balaban J connectivity index is 2.15. The van der Waals surface area contributed by atoms with Gasteiger partial charge in [-0.3, -0.25) is 0 Å². The molecule has 0 saturated carbocycles. The fraction of sp³-hybridized carbons (Fsp3) is 0.571. The molecular formula is C14H21ClN2O. The van der Waals surface area contributed by atoms with E-state index in [9.17, 15) is 0 Å². The van der Waals surface area contributed by atoms with Crippen LogP contribution < -0.4 is 4.90 Å². The van der Waals surface area contributed by atoms with Gasteiger partial charge in [-0.25, -0.2) is 0 Å². The fourth-order valence-corrected chi connectivity index (χ4v) is 2.82. The van der Waals surface area contributed by atoms with Crippen LogP contribution in [0.5, 0.6) is 0 Å². The molecule has 3 nitrogen and oxygen atoms in total. The summed E-state index contributed by atoms with van der Waals surface area (Å²) in [5.74, 6) is 0. The van der Waals surface area contributed by atoms with Crippen LogP contribution >= 0.6 is 11.6 Å². The summed E-state index contributed by atoms with van der Waals surface area (Å²) in [6.07, 6.45) is 2.44. The number of likely N-dealkylation sites (N-methyl/N-ethyl adjacent to an activating group) is 1. The highest BCUT2D eigenvalue weighted by Gasteiger charge is 2.22. The number of aliphatic hydroxyl groups excluding tert-OH is 1. The first-order chi connectivity index (χ1) is 8.61. The number of benzene rings is 1. The summed E-state index contributed by atoms with van der Waals surface area (Å²) in [7, 11) is 4.26. The molecule has 0 aliphatic carbocycles. The second kappa shape index (κ2) is 5.91. The van der Waals surface area contributed by atoms with E-state index in [1.54, 1.807) is 0 Å². The highest BCUT2D eigenvalue weighted by molar-refractivity contribution is 6.33. The minimum absolute atomic E-state index is 0.0420. The third-order valence-electron chi connectivity index (χ3n) is 3.66. The average Bonchev–Trinajstić information content (AvgIpc) is 2.38. The molecular weight excluding hydrogens is 248 g/mol. The lowest BCUT2D eigenvalue weighted by atomic mass is 10.0. The summed E-state index contributed by atoms with van der Waals surface area (Å²) in [5, 5.41) is 9.84. The lowest BCUT2D eigenvalue weighted by Gasteiger charge is -2.37. The first-order valence-corrected chi connectivity index (χ1v) is 6.80. The van der Waals surface area contributed by atoms with E-state index in [4.69, 9.17) is 16.7 Å². The number of hydrogen-bond acceptors (Lipinski definition) is 3. The summed E-state index contributed by atoms with van der Waals surface area (Å²) in [6.45, 7) is 2.12. The standard InChI is InChI=1S/C14H21ClN2O/c1-16(2)12-4-3-7-17(9-12)14-6-5-11(10-18)8-13(14)15/h5-6,8,12,18H,3-4,7,9-10H2,1-2H3. The summed E-state index contributed by atoms with van der Waals surface area (Å²) in [6, 6.07) is 6.41. The zero-order chi connectivity index (χ0) is 13.1. The van der Waals surface area contributed by atoms with Gasteiger partial charge in [-0.1, -0.05) is 17.7 Å². The molecule has 1 heterocycles. The fourth-order valence-electron chi connectivity index (χ4n) is 2.50. The molecule has 4 heteroatoms. The third-order valence-corrected chi connectivity index (χ3v) is 3.96. The molecule has 2 rings (SSSR count). The van der Waals surface area contributed by atoms with Crippen LogP contribution in [0.3, 0.4) is 0 Å². The highest BCUT2D eigenvalue weighted by atomic mass is 35.5. The van der Waals surface area contributed by atoms with Gasteiger partial charge in [0.05, 0.1) is 17.3 Å². The number of aliphatic hydroxyl groups is 1. The molecule has 0 aromatic heterocycles. The first kappa shape index (κ1) is 13.7. The Bertz CT molecular complexity index is 409. The Morgan fingerprint density at radius 1 is 1.44 bits per heavy atom. The minimum atomic E-state index is 0.0420. The van der Waals surface area contributed by atoms with Crippen molar-refractivity contribution in [2.75, 3.05) is 32.1 Å². The van der Waals surface area contributed by atoms with Gasteiger partial charge >= 0.3 is 0 Å². The number of rotatable bonds is 3. The quantitative estimate of drug-likeness (QED) is 0.912. The molecule has 100 valence electrons. The minimum Gasteiger partial charge on any atom is -0.392 e. The van der Waals surface area contributed by atoms with E-state index in [-0.39, 0.29) is 6.61 Å². The van der Waals surface area contributed by atoms with Crippen molar-refractivity contribution in [2.24, 2.45) is 0 Å². The Hall–Kier alpha value is -0.770. The van der Waals surface area contributed by atoms with Crippen LogP contribution in [0.15, 0.2) is 18.2 Å². The van der Waals surface area contributed by atoms with Gasteiger partial charge < -0.3 is 14.9 Å². The van der Waals surface area contributed by atoms with Crippen molar-refractivity contribution in [3.63, 3.8) is 0 Å². The van der Waals surface area contributed by atoms with E-state index in [1.807, 2.05) is 18.2 Å². The Kier molecular flexibility index (Phi) is 4.49. The van der Waals surface area contributed by atoms with Crippen LogP contribution in [0.25, 0.3) is 0 Å². The molecule has 1 N–H and O–H groups in total. The topological polar surface area (TPSA) is 26.7 Å². The molecule has 0 amide bonds. The second-order valence-corrected chi connectivity index (χ2v) is 5.56. The zero-order valence-electron chi connectivity index (χ0n) is 11.1. The summed E-state index contributed by atoms with van der Waals surface area (Å²) in [4.78, 5) is 4.62. The van der Waals surface area contributed by atoms with Crippen LogP contribution in [-0.2, 0) is 6.61 Å². The van der Waals surface area contributed by atoms with Gasteiger partial charge in [0.2, 0.25) is 0 Å². The highest BCUT2D eigenvalue weighted by Crippen LogP contribution is 2.29. The third kappa shape index (κ3) is 2.97. The van der Waals surface area contributed by atoms with E-state index in [0.29, 0.717) is 6.04 Å². The normalized spacial score (nSPS) is 20.5. The molecule has 1 fully saturated rings. The molecule has 0 bridgehead atoms. The monoisotopic (exact) mass is 268 g/mol. The summed E-state index contributed by atoms with van der Waals surface area (Å²) in [5.41, 5.74) is 1.95. The van der Waals surface area contributed by atoms with Crippen molar-refractivity contribution < 1.29 is 5.11 Å². The maximum Gasteiger partial charge on any atom is 0.0682 e. The molecule has 1 aromatic rings. The second-order valence-electron chi connectivity index (χ2n) is 5.15. The van der Waals surface area contributed by atoms with E-state index in [1.165, 1.54) is 12.8 Å². The van der Waals surface area contributed by atoms with Crippen molar-refractivity contribution >= 4 is 17.3 Å². The SMILES string of the molecule is CN(C)C1CCCN(c2ccc(CO)cc2Cl)C1. The zero-order valence-corrected chi connectivity index (χ0v) is 11.8. The van der Waals surface area contributed by atoms with E-state index < -0.39 is 0 Å². The van der Waals surface area contributed by atoms with Crippen LogP contribution in [0.2, 0.25) is 5.02 Å². The van der Waals surface area contributed by atoms with Gasteiger partial charge in [0.1, 0.15) is 0 Å². The predicted octanol–water partition coefficient (Wildman–Crippen LogP) is 2.36. The van der Waals surface area contributed by atoms with Crippen molar-refractivity contribution in [3.05, 3.63) is 28.8 Å². The molecule has 1 aliphatic heterocycles. The Morgan fingerprint density at radius 2 is 2.22 bits per heavy atom. The number of nitrogens with zero attached hydrogens (tertiary/aromatic N) is 2. The first-order valence-electron chi connectivity index (χ1n) is 6.42. The summed E-state index contributed by atoms with van der Waals surface area (Å²) >= 11 is 6.30. The van der Waals surface area contributed by atoms with Gasteiger partial charge in [-0.2, -0.15) is 0 Å². The van der Waals surface area contributed by atoms with Gasteiger partial charge in [0.15, 0.2) is 0 Å². The van der Waals surface area contributed by atoms with Crippen LogP contribution in [0, 0.1) is 0 Å². The van der Waals surface area contributed by atoms with Crippen molar-refractivity contribution in [3.8, 4) is 0 Å². The lowest BCUT2D eigenvalue weighted by Crippen LogP contribution is -2.45. The lowest BCUT2D eigenvalue weighted by molar-refractivity contribution is 0.258. The molecule has 1 aromatic carbocycles. The maximum absolute atomic E-state index is 9.10. The van der Waals surface area contributed by atoms with Crippen molar-refractivity contribution in [1.82, 2.24) is 4.90 Å². The molecule has 0 spiro atoms. The summed E-state index contributed by atoms with van der Waals surface area (Å²) < 4.78 is 0. The van der Waals surface area contributed by atoms with Crippen LogP contribution in [-0.4, -0.2) is 43.2 Å². The molecule has 1 aliphatic rings. The molecule has 18 heavy (non-hydrogen) atoms. The number of hydrogen-bond donors (Lipinski definition) is 1. The predicted molar refractivity (Wildman–Crippen MR) is 76.3 cm³/mol. The number of anilines is 1. The maximum atomic E-state index is 9.10. The van der Waals surface area contributed by atoms with Gasteiger partial charge in [-0.05, 0) is 44.6 Å². The van der Waals surface area contributed by atoms with E-state index in [0.717, 1.165) is 29.4 Å². The molecule has 1 unspecified atom stereocenters.